The van der Waals surface area contributed by atoms with Crippen LogP contribution in [0.3, 0.4) is 0 Å². The van der Waals surface area contributed by atoms with E-state index in [1.807, 2.05) is 0 Å². The summed E-state index contributed by atoms with van der Waals surface area (Å²) in [5.41, 5.74) is 0. The summed E-state index contributed by atoms with van der Waals surface area (Å²) in [7, 11) is 0. The highest BCUT2D eigenvalue weighted by Gasteiger charge is 2.33. The summed E-state index contributed by atoms with van der Waals surface area (Å²) in [6, 6.07) is 0. The van der Waals surface area contributed by atoms with Crippen molar-refractivity contribution in [3.05, 3.63) is 0 Å². The summed E-state index contributed by atoms with van der Waals surface area (Å²) in [4.78, 5) is 0. The van der Waals surface area contributed by atoms with E-state index in [1.165, 1.54) is 0 Å². The van der Waals surface area contributed by atoms with Crippen LogP contribution < -0.4 is 0 Å². The molecular formula is C12H24F2. The summed E-state index contributed by atoms with van der Waals surface area (Å²) in [6.07, 6.45) is 2.75. The van der Waals surface area contributed by atoms with Crippen molar-refractivity contribution < 1.29 is 8.78 Å². The Labute approximate surface area is 87.1 Å². The Hall–Kier alpha value is -0.140. The van der Waals surface area contributed by atoms with Gasteiger partial charge < -0.3 is 0 Å². The lowest BCUT2D eigenvalue weighted by molar-refractivity contribution is -0.0460. The molecule has 1 aliphatic rings. The van der Waals surface area contributed by atoms with Crippen molar-refractivity contribution in [1.29, 1.82) is 0 Å². The van der Waals surface area contributed by atoms with E-state index in [0.717, 1.165) is 25.2 Å². The highest BCUT2D eigenvalue weighted by molar-refractivity contribution is 4.76. The van der Waals surface area contributed by atoms with E-state index in [0.29, 0.717) is 5.92 Å². The zero-order chi connectivity index (χ0) is 11.2. The second kappa shape index (κ2) is 6.36. The lowest BCUT2D eigenvalue weighted by Crippen LogP contribution is -2.24. The minimum atomic E-state index is -2.34. The number of hydrogen-bond donors (Lipinski definition) is 0. The first-order valence-corrected chi connectivity index (χ1v) is 5.75. The summed E-state index contributed by atoms with van der Waals surface area (Å²) in [5, 5.41) is 0. The van der Waals surface area contributed by atoms with E-state index in [2.05, 4.69) is 27.7 Å². The van der Waals surface area contributed by atoms with Gasteiger partial charge in [0.15, 0.2) is 0 Å². The molecule has 0 aromatic heterocycles. The predicted molar refractivity (Wildman–Crippen MR) is 57.7 cm³/mol. The van der Waals surface area contributed by atoms with Crippen molar-refractivity contribution in [3.63, 3.8) is 0 Å². The van der Waals surface area contributed by atoms with E-state index < -0.39 is 5.92 Å². The van der Waals surface area contributed by atoms with Gasteiger partial charge in [-0.15, -0.1) is 0 Å². The lowest BCUT2D eigenvalue weighted by Gasteiger charge is -2.27. The van der Waals surface area contributed by atoms with Gasteiger partial charge in [0.05, 0.1) is 0 Å². The SMILES string of the molecule is CC(C)C.CCC1CCC(F)(F)CC1. The normalized spacial score (nSPS) is 21.6. The molecule has 0 aliphatic heterocycles. The lowest BCUT2D eigenvalue weighted by atomic mass is 9.85. The van der Waals surface area contributed by atoms with Crippen LogP contribution in [0.1, 0.15) is 59.8 Å². The first kappa shape index (κ1) is 13.9. The van der Waals surface area contributed by atoms with Gasteiger partial charge in [-0.05, 0) is 24.7 Å². The van der Waals surface area contributed by atoms with Gasteiger partial charge in [0.25, 0.3) is 0 Å². The van der Waals surface area contributed by atoms with Crippen molar-refractivity contribution in [1.82, 2.24) is 0 Å². The Bertz CT molecular complexity index is 129. The van der Waals surface area contributed by atoms with Crippen molar-refractivity contribution in [3.8, 4) is 0 Å². The molecule has 1 fully saturated rings. The molecule has 1 saturated carbocycles. The fourth-order valence-electron chi connectivity index (χ4n) is 1.51. The summed E-state index contributed by atoms with van der Waals surface area (Å²) >= 11 is 0. The molecule has 0 saturated heterocycles. The third-order valence-corrected chi connectivity index (χ3v) is 2.41. The van der Waals surface area contributed by atoms with E-state index in [4.69, 9.17) is 0 Å². The highest BCUT2D eigenvalue weighted by atomic mass is 19.3. The smallest absolute Gasteiger partial charge is 0.207 e. The zero-order valence-electron chi connectivity index (χ0n) is 9.95. The van der Waals surface area contributed by atoms with Gasteiger partial charge in [0.1, 0.15) is 0 Å². The predicted octanol–water partition coefficient (Wildman–Crippen LogP) is 4.88. The average molecular weight is 206 g/mol. The summed E-state index contributed by atoms with van der Waals surface area (Å²) < 4.78 is 25.0. The number of hydrogen-bond acceptors (Lipinski definition) is 0. The molecule has 1 aliphatic carbocycles. The molecule has 0 spiro atoms. The summed E-state index contributed by atoms with van der Waals surface area (Å²) in [5.74, 6) is -0.939. The van der Waals surface area contributed by atoms with Crippen LogP contribution in [0, 0.1) is 11.8 Å². The van der Waals surface area contributed by atoms with Crippen molar-refractivity contribution in [2.75, 3.05) is 0 Å². The Morgan fingerprint density at radius 3 is 1.79 bits per heavy atom. The van der Waals surface area contributed by atoms with E-state index in [1.54, 1.807) is 0 Å². The van der Waals surface area contributed by atoms with Crippen molar-refractivity contribution >= 4 is 0 Å². The second-order valence-electron chi connectivity index (χ2n) is 4.94. The third kappa shape index (κ3) is 7.28. The molecule has 0 aromatic rings. The maximum absolute atomic E-state index is 12.5. The fraction of sp³-hybridized carbons (Fsp3) is 1.00. The van der Waals surface area contributed by atoms with Gasteiger partial charge in [-0.3, -0.25) is 0 Å². The van der Waals surface area contributed by atoms with Gasteiger partial charge in [-0.2, -0.15) is 0 Å². The number of alkyl halides is 2. The highest BCUT2D eigenvalue weighted by Crippen LogP contribution is 2.36. The monoisotopic (exact) mass is 206 g/mol. The molecule has 0 heterocycles. The van der Waals surface area contributed by atoms with Crippen LogP contribution in [0.2, 0.25) is 0 Å². The van der Waals surface area contributed by atoms with Gasteiger partial charge in [0.2, 0.25) is 5.92 Å². The van der Waals surface area contributed by atoms with E-state index in [9.17, 15) is 8.78 Å². The Morgan fingerprint density at radius 2 is 1.50 bits per heavy atom. The van der Waals surface area contributed by atoms with Crippen molar-refractivity contribution in [2.45, 2.75) is 65.7 Å². The third-order valence-electron chi connectivity index (χ3n) is 2.41. The second-order valence-corrected chi connectivity index (χ2v) is 4.94. The largest absolute Gasteiger partial charge is 0.248 e. The van der Waals surface area contributed by atoms with Crippen LogP contribution in [0.25, 0.3) is 0 Å². The van der Waals surface area contributed by atoms with Gasteiger partial charge in [-0.25, -0.2) is 8.78 Å². The molecule has 0 aromatic carbocycles. The van der Waals surface area contributed by atoms with Crippen molar-refractivity contribution in [2.24, 2.45) is 11.8 Å². The van der Waals surface area contributed by atoms with Crippen LogP contribution in [-0.4, -0.2) is 5.92 Å². The first-order valence-electron chi connectivity index (χ1n) is 5.75. The van der Waals surface area contributed by atoms with Crippen LogP contribution in [-0.2, 0) is 0 Å². The van der Waals surface area contributed by atoms with Gasteiger partial charge >= 0.3 is 0 Å². The van der Waals surface area contributed by atoms with Crippen LogP contribution in [0.4, 0.5) is 8.78 Å². The molecule has 14 heavy (non-hydrogen) atoms. The summed E-state index contributed by atoms with van der Waals surface area (Å²) in [6.45, 7) is 8.58. The molecule has 0 atom stereocenters. The van der Waals surface area contributed by atoms with Gasteiger partial charge in [0, 0.05) is 12.8 Å². The Morgan fingerprint density at radius 1 is 1.14 bits per heavy atom. The van der Waals surface area contributed by atoms with Gasteiger partial charge in [-0.1, -0.05) is 34.1 Å². The molecule has 1 rings (SSSR count). The number of rotatable bonds is 1. The fourth-order valence-corrected chi connectivity index (χ4v) is 1.51. The minimum Gasteiger partial charge on any atom is -0.207 e. The molecule has 0 nitrogen and oxygen atoms in total. The minimum absolute atomic E-state index is 0.117. The molecule has 86 valence electrons. The molecule has 0 unspecified atom stereocenters. The van der Waals surface area contributed by atoms with E-state index >= 15 is 0 Å². The topological polar surface area (TPSA) is 0 Å². The Kier molecular flexibility index (Phi) is 6.30. The maximum Gasteiger partial charge on any atom is 0.248 e. The zero-order valence-corrected chi connectivity index (χ0v) is 9.95. The van der Waals surface area contributed by atoms with Crippen LogP contribution >= 0.6 is 0 Å². The Balaban J connectivity index is 0.000000364. The maximum atomic E-state index is 12.5. The quantitative estimate of drug-likeness (QED) is 0.573. The van der Waals surface area contributed by atoms with E-state index in [-0.39, 0.29) is 12.8 Å². The average Bonchev–Trinajstić information content (AvgIpc) is 2.03. The molecule has 0 bridgehead atoms. The first-order chi connectivity index (χ1) is 6.37. The molecule has 0 N–H and O–H groups in total. The molecular weight excluding hydrogens is 182 g/mol. The number of halogens is 2. The molecule has 0 radical (unpaired) electrons. The van der Waals surface area contributed by atoms with Crippen LogP contribution in [0.5, 0.6) is 0 Å². The standard InChI is InChI=1S/C8H14F2.C4H10/c1-2-7-3-5-8(9,10)6-4-7;1-4(2)3/h7H,2-6H2,1H3;4H,1-3H3. The molecule has 2 heteroatoms. The van der Waals surface area contributed by atoms with Crippen LogP contribution in [0.15, 0.2) is 0 Å². The molecule has 0 amide bonds.